The zero-order valence-electron chi connectivity index (χ0n) is 12.1. The van der Waals surface area contributed by atoms with Gasteiger partial charge in [0.05, 0.1) is 12.5 Å². The summed E-state index contributed by atoms with van der Waals surface area (Å²) in [5.74, 6) is 1.55. The van der Waals surface area contributed by atoms with Crippen molar-refractivity contribution in [3.8, 4) is 5.75 Å². The van der Waals surface area contributed by atoms with Gasteiger partial charge >= 0.3 is 0 Å². The van der Waals surface area contributed by atoms with Crippen molar-refractivity contribution in [3.05, 3.63) is 29.3 Å². The van der Waals surface area contributed by atoms with Gasteiger partial charge in [-0.2, -0.15) is 0 Å². The Labute approximate surface area is 122 Å². The molecule has 2 rings (SSSR count). The molecule has 1 unspecified atom stereocenters. The van der Waals surface area contributed by atoms with E-state index in [-0.39, 0.29) is 5.38 Å². The molecule has 0 aromatic heterocycles. The first-order valence-corrected chi connectivity index (χ1v) is 7.94. The predicted molar refractivity (Wildman–Crippen MR) is 82.1 cm³/mol. The van der Waals surface area contributed by atoms with E-state index < -0.39 is 0 Å². The van der Waals surface area contributed by atoms with Crippen LogP contribution < -0.4 is 4.74 Å². The lowest BCUT2D eigenvalue weighted by Crippen LogP contribution is -2.11. The van der Waals surface area contributed by atoms with E-state index in [0.29, 0.717) is 5.92 Å². The summed E-state index contributed by atoms with van der Waals surface area (Å²) in [7, 11) is 1.71. The molecular formula is C17H25ClO. The standard InChI is InChI=1S/C17H25ClO/c1-13-12-15(19-2)10-11-16(13)17(18)14-8-6-4-3-5-7-9-14/h10-12,14,17H,3-9H2,1-2H3. The van der Waals surface area contributed by atoms with Gasteiger partial charge in [-0.05, 0) is 48.9 Å². The molecule has 2 heteroatoms. The summed E-state index contributed by atoms with van der Waals surface area (Å²) in [5, 5.41) is 0.156. The summed E-state index contributed by atoms with van der Waals surface area (Å²) in [6, 6.07) is 6.26. The van der Waals surface area contributed by atoms with E-state index in [0.717, 1.165) is 5.75 Å². The van der Waals surface area contributed by atoms with Crippen LogP contribution in [0.3, 0.4) is 0 Å². The zero-order valence-corrected chi connectivity index (χ0v) is 12.9. The van der Waals surface area contributed by atoms with Crippen LogP contribution in [0.25, 0.3) is 0 Å². The fraction of sp³-hybridized carbons (Fsp3) is 0.647. The molecule has 0 heterocycles. The average Bonchev–Trinajstić information content (AvgIpc) is 2.37. The maximum Gasteiger partial charge on any atom is 0.119 e. The predicted octanol–water partition coefficient (Wildman–Crippen LogP) is 5.64. The molecule has 0 N–H and O–H groups in total. The average molecular weight is 281 g/mol. The van der Waals surface area contributed by atoms with Crippen LogP contribution in [0.2, 0.25) is 0 Å². The van der Waals surface area contributed by atoms with Gasteiger partial charge in [0.15, 0.2) is 0 Å². The van der Waals surface area contributed by atoms with Gasteiger partial charge in [-0.15, -0.1) is 11.6 Å². The van der Waals surface area contributed by atoms with Crippen molar-refractivity contribution in [2.24, 2.45) is 5.92 Å². The highest BCUT2D eigenvalue weighted by Gasteiger charge is 2.23. The Hall–Kier alpha value is -0.690. The number of benzene rings is 1. The van der Waals surface area contributed by atoms with E-state index in [2.05, 4.69) is 19.1 Å². The van der Waals surface area contributed by atoms with Crippen molar-refractivity contribution in [3.63, 3.8) is 0 Å². The Morgan fingerprint density at radius 1 is 1.11 bits per heavy atom. The van der Waals surface area contributed by atoms with E-state index in [1.54, 1.807) is 7.11 Å². The third-order valence-corrected chi connectivity index (χ3v) is 4.93. The van der Waals surface area contributed by atoms with Crippen LogP contribution in [0.15, 0.2) is 18.2 Å². The number of hydrogen-bond donors (Lipinski definition) is 0. The van der Waals surface area contributed by atoms with Gasteiger partial charge in [0, 0.05) is 0 Å². The second-order valence-electron chi connectivity index (χ2n) is 5.73. The smallest absolute Gasteiger partial charge is 0.119 e. The number of ether oxygens (including phenoxy) is 1. The minimum absolute atomic E-state index is 0.156. The molecule has 1 aromatic rings. The van der Waals surface area contributed by atoms with Crippen LogP contribution >= 0.6 is 11.6 Å². The lowest BCUT2D eigenvalue weighted by atomic mass is 9.85. The molecule has 0 bridgehead atoms. The highest BCUT2D eigenvalue weighted by Crippen LogP contribution is 2.39. The van der Waals surface area contributed by atoms with Crippen LogP contribution in [-0.2, 0) is 0 Å². The van der Waals surface area contributed by atoms with Crippen LogP contribution in [0.1, 0.15) is 61.4 Å². The van der Waals surface area contributed by atoms with Crippen molar-refractivity contribution in [2.45, 2.75) is 57.2 Å². The molecule has 1 aliphatic rings. The Morgan fingerprint density at radius 3 is 2.32 bits per heavy atom. The molecule has 1 atom stereocenters. The molecule has 0 amide bonds. The van der Waals surface area contributed by atoms with Crippen LogP contribution in [0.5, 0.6) is 5.75 Å². The van der Waals surface area contributed by atoms with Gasteiger partial charge in [-0.1, -0.05) is 38.2 Å². The fourth-order valence-corrected chi connectivity index (χ4v) is 3.62. The summed E-state index contributed by atoms with van der Waals surface area (Å²) in [6.45, 7) is 2.14. The molecular weight excluding hydrogens is 256 g/mol. The summed E-state index contributed by atoms with van der Waals surface area (Å²) in [4.78, 5) is 0. The van der Waals surface area contributed by atoms with Crippen LogP contribution in [-0.4, -0.2) is 7.11 Å². The van der Waals surface area contributed by atoms with Crippen molar-refractivity contribution in [2.75, 3.05) is 7.11 Å². The number of rotatable bonds is 3. The first-order valence-electron chi connectivity index (χ1n) is 7.51. The molecule has 1 aliphatic carbocycles. The van der Waals surface area contributed by atoms with E-state index >= 15 is 0 Å². The molecule has 0 saturated heterocycles. The number of aryl methyl sites for hydroxylation is 1. The van der Waals surface area contributed by atoms with Crippen molar-refractivity contribution < 1.29 is 4.74 Å². The van der Waals surface area contributed by atoms with Gasteiger partial charge in [0.1, 0.15) is 5.75 Å². The third-order valence-electron chi connectivity index (χ3n) is 4.34. The fourth-order valence-electron chi connectivity index (χ4n) is 3.12. The van der Waals surface area contributed by atoms with E-state index in [4.69, 9.17) is 16.3 Å². The summed E-state index contributed by atoms with van der Waals surface area (Å²) in [6.07, 6.45) is 9.39. The Morgan fingerprint density at radius 2 is 1.74 bits per heavy atom. The molecule has 1 saturated carbocycles. The lowest BCUT2D eigenvalue weighted by Gasteiger charge is -2.25. The number of alkyl halides is 1. The van der Waals surface area contributed by atoms with Crippen LogP contribution in [0, 0.1) is 12.8 Å². The molecule has 0 spiro atoms. The van der Waals surface area contributed by atoms with Gasteiger partial charge in [0.25, 0.3) is 0 Å². The first kappa shape index (κ1) is 14.7. The molecule has 0 aliphatic heterocycles. The lowest BCUT2D eigenvalue weighted by molar-refractivity contribution is 0.367. The van der Waals surface area contributed by atoms with Crippen LogP contribution in [0.4, 0.5) is 0 Å². The number of methoxy groups -OCH3 is 1. The molecule has 1 aromatic carbocycles. The molecule has 1 fully saturated rings. The molecule has 1 nitrogen and oxygen atoms in total. The van der Waals surface area contributed by atoms with Crippen molar-refractivity contribution in [1.29, 1.82) is 0 Å². The Balaban J connectivity index is 2.10. The number of halogens is 1. The molecule has 19 heavy (non-hydrogen) atoms. The maximum atomic E-state index is 6.77. The normalized spacial score (nSPS) is 19.5. The molecule has 106 valence electrons. The second-order valence-corrected chi connectivity index (χ2v) is 6.20. The monoisotopic (exact) mass is 280 g/mol. The van der Waals surface area contributed by atoms with Crippen molar-refractivity contribution >= 4 is 11.6 Å². The van der Waals surface area contributed by atoms with E-state index in [1.165, 1.54) is 56.1 Å². The minimum atomic E-state index is 0.156. The van der Waals surface area contributed by atoms with Gasteiger partial charge < -0.3 is 4.74 Å². The van der Waals surface area contributed by atoms with Gasteiger partial charge in [0.2, 0.25) is 0 Å². The Bertz CT molecular complexity index is 394. The number of hydrogen-bond acceptors (Lipinski definition) is 1. The maximum absolute atomic E-state index is 6.77. The van der Waals surface area contributed by atoms with Gasteiger partial charge in [-0.3, -0.25) is 0 Å². The zero-order chi connectivity index (χ0) is 13.7. The van der Waals surface area contributed by atoms with E-state index in [1.807, 2.05) is 6.07 Å². The summed E-state index contributed by atoms with van der Waals surface area (Å²) < 4.78 is 5.27. The SMILES string of the molecule is COc1ccc(C(Cl)C2CCCCCCC2)c(C)c1. The van der Waals surface area contributed by atoms with Gasteiger partial charge in [-0.25, -0.2) is 0 Å². The summed E-state index contributed by atoms with van der Waals surface area (Å²) >= 11 is 6.77. The highest BCUT2D eigenvalue weighted by atomic mass is 35.5. The minimum Gasteiger partial charge on any atom is -0.497 e. The highest BCUT2D eigenvalue weighted by molar-refractivity contribution is 6.21. The third kappa shape index (κ3) is 3.89. The largest absolute Gasteiger partial charge is 0.497 e. The molecule has 0 radical (unpaired) electrons. The van der Waals surface area contributed by atoms with Crippen molar-refractivity contribution in [1.82, 2.24) is 0 Å². The Kier molecular flexibility index (Phi) is 5.57. The topological polar surface area (TPSA) is 9.23 Å². The second kappa shape index (κ2) is 7.19. The summed E-state index contributed by atoms with van der Waals surface area (Å²) in [5.41, 5.74) is 2.54. The quantitative estimate of drug-likeness (QED) is 0.651. The van der Waals surface area contributed by atoms with E-state index in [9.17, 15) is 0 Å². The first-order chi connectivity index (χ1) is 9.22.